The molecule has 0 saturated heterocycles. The predicted octanol–water partition coefficient (Wildman–Crippen LogP) is 2.89. The summed E-state index contributed by atoms with van der Waals surface area (Å²) in [6.07, 6.45) is 4.22. The fraction of sp³-hybridized carbons (Fsp3) is 0.286. The minimum atomic E-state index is -0.0759. The Morgan fingerprint density at radius 3 is 2.64 bits per heavy atom. The third kappa shape index (κ3) is 3.19. The zero-order valence-electron chi connectivity index (χ0n) is 16.0. The van der Waals surface area contributed by atoms with Crippen LogP contribution in [0.15, 0.2) is 53.6 Å². The number of hydrogen-bond acceptors (Lipinski definition) is 5. The van der Waals surface area contributed by atoms with E-state index < -0.39 is 0 Å². The minimum absolute atomic E-state index is 0.0759. The number of nitrogens with zero attached hydrogens (tertiary/aromatic N) is 4. The number of fused-ring (bicyclic) bond motifs is 3. The van der Waals surface area contributed by atoms with Crippen LogP contribution in [0.2, 0.25) is 0 Å². The van der Waals surface area contributed by atoms with Gasteiger partial charge in [-0.25, -0.2) is 9.50 Å². The van der Waals surface area contributed by atoms with Gasteiger partial charge in [-0.2, -0.15) is 5.10 Å². The van der Waals surface area contributed by atoms with Crippen LogP contribution in [0.3, 0.4) is 0 Å². The first-order chi connectivity index (χ1) is 13.7. The Labute approximate surface area is 162 Å². The Hall–Kier alpha value is -3.03. The monoisotopic (exact) mass is 378 g/mol. The lowest BCUT2D eigenvalue weighted by Gasteiger charge is -2.08. The molecular weight excluding hydrogens is 356 g/mol. The largest absolute Gasteiger partial charge is 0.385 e. The summed E-state index contributed by atoms with van der Waals surface area (Å²) in [4.78, 5) is 17.5. The van der Waals surface area contributed by atoms with Crippen LogP contribution in [0.5, 0.6) is 0 Å². The summed E-state index contributed by atoms with van der Waals surface area (Å²) in [5.41, 5.74) is 4.10. The van der Waals surface area contributed by atoms with Gasteiger partial charge in [0.05, 0.1) is 28.8 Å². The van der Waals surface area contributed by atoms with E-state index in [0.29, 0.717) is 30.8 Å². The number of aromatic nitrogens is 4. The van der Waals surface area contributed by atoms with E-state index in [-0.39, 0.29) is 5.56 Å². The molecule has 0 N–H and O–H groups in total. The molecule has 1 aromatic carbocycles. The molecule has 0 aliphatic heterocycles. The maximum absolute atomic E-state index is 12.9. The van der Waals surface area contributed by atoms with Crippen LogP contribution < -0.4 is 5.56 Å². The van der Waals surface area contributed by atoms with Crippen LogP contribution in [0.1, 0.15) is 12.1 Å². The van der Waals surface area contributed by atoms with E-state index in [9.17, 15) is 4.79 Å². The van der Waals surface area contributed by atoms with E-state index in [1.54, 1.807) is 35.7 Å². The number of benzene rings is 1. The third-order valence-electron chi connectivity index (χ3n) is 4.75. The van der Waals surface area contributed by atoms with Gasteiger partial charge in [0.15, 0.2) is 5.65 Å². The van der Waals surface area contributed by atoms with Gasteiger partial charge in [-0.3, -0.25) is 4.79 Å². The zero-order chi connectivity index (χ0) is 19.5. The molecule has 4 aromatic rings. The summed E-state index contributed by atoms with van der Waals surface area (Å²) < 4.78 is 13.9. The molecule has 0 spiro atoms. The van der Waals surface area contributed by atoms with Crippen molar-refractivity contribution >= 4 is 16.6 Å². The lowest BCUT2D eigenvalue weighted by atomic mass is 10.1. The summed E-state index contributed by atoms with van der Waals surface area (Å²) in [5.74, 6) is 0. The third-order valence-corrected chi connectivity index (χ3v) is 4.75. The molecule has 0 bridgehead atoms. The highest BCUT2D eigenvalue weighted by Gasteiger charge is 2.18. The summed E-state index contributed by atoms with van der Waals surface area (Å²) >= 11 is 0. The van der Waals surface area contributed by atoms with Crippen molar-refractivity contribution in [2.24, 2.45) is 0 Å². The second-order valence-corrected chi connectivity index (χ2v) is 6.57. The van der Waals surface area contributed by atoms with Crippen LogP contribution in [0, 0.1) is 0 Å². The highest BCUT2D eigenvalue weighted by Crippen LogP contribution is 2.29. The van der Waals surface area contributed by atoms with Crippen LogP contribution in [-0.2, 0) is 22.6 Å². The van der Waals surface area contributed by atoms with Gasteiger partial charge < -0.3 is 14.0 Å². The van der Waals surface area contributed by atoms with Gasteiger partial charge in [0.25, 0.3) is 5.56 Å². The van der Waals surface area contributed by atoms with Gasteiger partial charge in [-0.1, -0.05) is 30.3 Å². The molecule has 7 heteroatoms. The molecule has 0 aliphatic rings. The Bertz CT molecular complexity index is 1170. The van der Waals surface area contributed by atoms with E-state index in [2.05, 4.69) is 4.98 Å². The average molecular weight is 378 g/mol. The second kappa shape index (κ2) is 7.92. The van der Waals surface area contributed by atoms with Crippen molar-refractivity contribution < 1.29 is 9.47 Å². The zero-order valence-corrected chi connectivity index (χ0v) is 16.0. The lowest BCUT2D eigenvalue weighted by molar-refractivity contribution is 0.181. The molecule has 0 radical (unpaired) electrons. The van der Waals surface area contributed by atoms with Gasteiger partial charge in [-0.15, -0.1) is 0 Å². The minimum Gasteiger partial charge on any atom is -0.385 e. The number of rotatable bonds is 7. The standard InChI is InChI=1S/C21H22N4O3/c1-27-12-6-10-24-11-9-18-16(21(24)26)13-22-20-19(15-7-4-3-5-8-15)17(14-28-2)23-25(18)20/h3-5,7-9,11,13H,6,10,12,14H2,1-2H3. The molecule has 28 heavy (non-hydrogen) atoms. The summed E-state index contributed by atoms with van der Waals surface area (Å²) in [6, 6.07) is 11.9. The van der Waals surface area contributed by atoms with Crippen molar-refractivity contribution in [1.82, 2.24) is 19.2 Å². The van der Waals surface area contributed by atoms with Crippen LogP contribution in [-0.4, -0.2) is 40.0 Å². The molecule has 7 nitrogen and oxygen atoms in total. The van der Waals surface area contributed by atoms with E-state index >= 15 is 0 Å². The molecule has 3 heterocycles. The Morgan fingerprint density at radius 1 is 1.07 bits per heavy atom. The number of pyridine rings is 1. The molecule has 4 rings (SSSR count). The van der Waals surface area contributed by atoms with Gasteiger partial charge in [0.1, 0.15) is 0 Å². The van der Waals surface area contributed by atoms with Crippen LogP contribution in [0.25, 0.3) is 27.7 Å². The second-order valence-electron chi connectivity index (χ2n) is 6.57. The van der Waals surface area contributed by atoms with E-state index in [4.69, 9.17) is 14.6 Å². The van der Waals surface area contributed by atoms with Gasteiger partial charge in [0, 0.05) is 39.8 Å². The number of aryl methyl sites for hydroxylation is 1. The Morgan fingerprint density at radius 2 is 1.89 bits per heavy atom. The first-order valence-electron chi connectivity index (χ1n) is 9.17. The molecule has 0 unspecified atom stereocenters. The van der Waals surface area contributed by atoms with Crippen molar-refractivity contribution in [3.8, 4) is 11.1 Å². The van der Waals surface area contributed by atoms with Crippen molar-refractivity contribution in [2.45, 2.75) is 19.6 Å². The van der Waals surface area contributed by atoms with Crippen LogP contribution >= 0.6 is 0 Å². The highest BCUT2D eigenvalue weighted by atomic mass is 16.5. The smallest absolute Gasteiger partial charge is 0.261 e. The van der Waals surface area contributed by atoms with Gasteiger partial charge >= 0.3 is 0 Å². The molecule has 0 amide bonds. The molecule has 0 fully saturated rings. The average Bonchev–Trinajstić information content (AvgIpc) is 3.09. The molecule has 0 saturated carbocycles. The molecule has 144 valence electrons. The molecule has 0 atom stereocenters. The van der Waals surface area contributed by atoms with Crippen molar-refractivity contribution in [2.75, 3.05) is 20.8 Å². The highest BCUT2D eigenvalue weighted by molar-refractivity contribution is 5.86. The van der Waals surface area contributed by atoms with Crippen LogP contribution in [0.4, 0.5) is 0 Å². The van der Waals surface area contributed by atoms with E-state index in [1.165, 1.54) is 0 Å². The SMILES string of the molecule is COCCCn1ccc2c(cnc3c(-c4ccccc4)c(COC)nn32)c1=O. The number of hydrogen-bond donors (Lipinski definition) is 0. The quantitative estimate of drug-likeness (QED) is 0.463. The Kier molecular flexibility index (Phi) is 5.18. The first-order valence-corrected chi connectivity index (χ1v) is 9.17. The summed E-state index contributed by atoms with van der Waals surface area (Å²) in [6.45, 7) is 1.58. The number of ether oxygens (including phenoxy) is 2. The predicted molar refractivity (Wildman–Crippen MR) is 107 cm³/mol. The normalized spacial score (nSPS) is 11.5. The van der Waals surface area contributed by atoms with E-state index in [1.807, 2.05) is 36.4 Å². The van der Waals surface area contributed by atoms with Crippen molar-refractivity contribution in [3.05, 3.63) is 64.8 Å². The molecular formula is C21H22N4O3. The number of methoxy groups -OCH3 is 2. The maximum Gasteiger partial charge on any atom is 0.261 e. The fourth-order valence-electron chi connectivity index (χ4n) is 3.45. The maximum atomic E-state index is 12.9. The fourth-order valence-corrected chi connectivity index (χ4v) is 3.45. The Balaban J connectivity index is 1.91. The topological polar surface area (TPSA) is 70.7 Å². The van der Waals surface area contributed by atoms with Crippen molar-refractivity contribution in [1.29, 1.82) is 0 Å². The lowest BCUT2D eigenvalue weighted by Crippen LogP contribution is -2.21. The van der Waals surface area contributed by atoms with Gasteiger partial charge in [0.2, 0.25) is 0 Å². The van der Waals surface area contributed by atoms with Crippen molar-refractivity contribution in [3.63, 3.8) is 0 Å². The molecule has 0 aliphatic carbocycles. The summed E-state index contributed by atoms with van der Waals surface area (Å²) in [7, 11) is 3.30. The first kappa shape index (κ1) is 18.3. The van der Waals surface area contributed by atoms with E-state index in [0.717, 1.165) is 28.8 Å². The summed E-state index contributed by atoms with van der Waals surface area (Å²) in [5, 5.41) is 5.25. The van der Waals surface area contributed by atoms with Gasteiger partial charge in [-0.05, 0) is 18.1 Å². The molecule has 3 aromatic heterocycles.